The van der Waals surface area contributed by atoms with E-state index in [9.17, 15) is 9.59 Å². The third kappa shape index (κ3) is 1.16. The molecule has 2 rings (SSSR count). The lowest BCUT2D eigenvalue weighted by Gasteiger charge is -2.24. The Morgan fingerprint density at radius 2 is 1.77 bits per heavy atom. The van der Waals surface area contributed by atoms with Gasteiger partial charge in [0.1, 0.15) is 0 Å². The number of carbonyl (C=O) groups is 2. The number of fused-ring (bicyclic) bond motifs is 1. The third-order valence-electron chi connectivity index (χ3n) is 3.03. The van der Waals surface area contributed by atoms with E-state index in [0.717, 1.165) is 19.3 Å². The summed E-state index contributed by atoms with van der Waals surface area (Å²) in [6.07, 6.45) is 2.51. The second-order valence-corrected chi connectivity index (χ2v) is 3.76. The maximum atomic E-state index is 11.5. The predicted molar refractivity (Wildman–Crippen MR) is 46.6 cm³/mol. The summed E-state index contributed by atoms with van der Waals surface area (Å²) in [5, 5.41) is 0. The first-order valence-corrected chi connectivity index (χ1v) is 4.81. The number of likely N-dealkylation sites (tertiary alicyclic amines) is 1. The summed E-state index contributed by atoms with van der Waals surface area (Å²) in [4.78, 5) is 24.5. The molecular weight excluding hydrogens is 168 g/mol. The van der Waals surface area contributed by atoms with Crippen LogP contribution in [0, 0.1) is 11.8 Å². The molecule has 0 aromatic rings. The van der Waals surface area contributed by atoms with Gasteiger partial charge in [0.05, 0.1) is 11.8 Å². The molecule has 2 fully saturated rings. The Morgan fingerprint density at radius 1 is 1.23 bits per heavy atom. The summed E-state index contributed by atoms with van der Waals surface area (Å²) < 4.78 is 0. The standard InChI is InChI=1S/C9H14N2O2/c10-4-1-5-11-8(12)6-2-3-7(6)9(11)13/h6-7H,1-5,10H2. The molecule has 1 saturated carbocycles. The molecule has 4 nitrogen and oxygen atoms in total. The summed E-state index contributed by atoms with van der Waals surface area (Å²) in [6, 6.07) is 0. The number of hydrogen-bond donors (Lipinski definition) is 1. The Bertz CT molecular complexity index is 230. The zero-order valence-electron chi connectivity index (χ0n) is 7.53. The Labute approximate surface area is 77.1 Å². The Kier molecular flexibility index (Phi) is 2.07. The highest BCUT2D eigenvalue weighted by atomic mass is 16.2. The first-order chi connectivity index (χ1) is 6.25. The predicted octanol–water partition coefficient (Wildman–Crippen LogP) is -0.270. The quantitative estimate of drug-likeness (QED) is 0.611. The molecular formula is C9H14N2O2. The van der Waals surface area contributed by atoms with Gasteiger partial charge in [-0.2, -0.15) is 0 Å². The van der Waals surface area contributed by atoms with Crippen molar-refractivity contribution in [2.75, 3.05) is 13.1 Å². The molecule has 0 spiro atoms. The van der Waals surface area contributed by atoms with E-state index in [-0.39, 0.29) is 23.7 Å². The Morgan fingerprint density at radius 3 is 2.15 bits per heavy atom. The van der Waals surface area contributed by atoms with Crippen molar-refractivity contribution in [1.29, 1.82) is 0 Å². The van der Waals surface area contributed by atoms with Gasteiger partial charge >= 0.3 is 0 Å². The average Bonchev–Trinajstić information content (AvgIpc) is 2.16. The lowest BCUT2D eigenvalue weighted by Crippen LogP contribution is -2.32. The second-order valence-electron chi connectivity index (χ2n) is 3.76. The largest absolute Gasteiger partial charge is 0.330 e. The minimum atomic E-state index is 0.0188. The van der Waals surface area contributed by atoms with Crippen molar-refractivity contribution in [2.45, 2.75) is 19.3 Å². The summed E-state index contributed by atoms with van der Waals surface area (Å²) in [5.41, 5.74) is 5.33. The highest BCUT2D eigenvalue weighted by molar-refractivity contribution is 6.06. The van der Waals surface area contributed by atoms with Gasteiger partial charge in [-0.3, -0.25) is 14.5 Å². The van der Waals surface area contributed by atoms with Gasteiger partial charge in [0.2, 0.25) is 11.8 Å². The smallest absolute Gasteiger partial charge is 0.233 e. The molecule has 2 N–H and O–H groups in total. The normalized spacial score (nSPS) is 31.9. The lowest BCUT2D eigenvalue weighted by molar-refractivity contribution is -0.139. The van der Waals surface area contributed by atoms with Crippen LogP contribution in [0.3, 0.4) is 0 Å². The number of hydrogen-bond acceptors (Lipinski definition) is 3. The molecule has 1 saturated heterocycles. The SMILES string of the molecule is NCCCN1C(=O)C2CCC2C1=O. The van der Waals surface area contributed by atoms with Gasteiger partial charge in [-0.15, -0.1) is 0 Å². The van der Waals surface area contributed by atoms with Gasteiger partial charge in [-0.1, -0.05) is 0 Å². The summed E-state index contributed by atoms with van der Waals surface area (Å²) in [7, 11) is 0. The van der Waals surface area contributed by atoms with Crippen molar-refractivity contribution < 1.29 is 9.59 Å². The van der Waals surface area contributed by atoms with Crippen LogP contribution in [-0.2, 0) is 9.59 Å². The van der Waals surface area contributed by atoms with Gasteiger partial charge < -0.3 is 5.73 Å². The maximum Gasteiger partial charge on any atom is 0.233 e. The van der Waals surface area contributed by atoms with Gasteiger partial charge in [0.25, 0.3) is 0 Å². The van der Waals surface area contributed by atoms with E-state index >= 15 is 0 Å². The van der Waals surface area contributed by atoms with E-state index in [1.165, 1.54) is 4.90 Å². The zero-order chi connectivity index (χ0) is 9.42. The van der Waals surface area contributed by atoms with Crippen LogP contribution in [0.2, 0.25) is 0 Å². The highest BCUT2D eigenvalue weighted by Gasteiger charge is 2.52. The molecule has 0 aromatic carbocycles. The maximum absolute atomic E-state index is 11.5. The second kappa shape index (κ2) is 3.10. The number of imide groups is 1. The van der Waals surface area contributed by atoms with Crippen LogP contribution in [-0.4, -0.2) is 29.8 Å². The molecule has 1 aliphatic carbocycles. The Balaban J connectivity index is 2.02. The molecule has 2 unspecified atom stereocenters. The fourth-order valence-corrected chi connectivity index (χ4v) is 2.07. The van der Waals surface area contributed by atoms with Crippen LogP contribution in [0.25, 0.3) is 0 Å². The number of carbonyl (C=O) groups excluding carboxylic acids is 2. The van der Waals surface area contributed by atoms with Crippen LogP contribution in [0.1, 0.15) is 19.3 Å². The fourth-order valence-electron chi connectivity index (χ4n) is 2.07. The molecule has 1 heterocycles. The molecule has 72 valence electrons. The molecule has 2 amide bonds. The van der Waals surface area contributed by atoms with Crippen molar-refractivity contribution in [1.82, 2.24) is 4.90 Å². The van der Waals surface area contributed by atoms with E-state index in [0.29, 0.717) is 13.1 Å². The fraction of sp³-hybridized carbons (Fsp3) is 0.778. The van der Waals surface area contributed by atoms with E-state index in [2.05, 4.69) is 0 Å². The third-order valence-corrected chi connectivity index (χ3v) is 3.03. The van der Waals surface area contributed by atoms with E-state index in [4.69, 9.17) is 5.73 Å². The number of rotatable bonds is 3. The molecule has 2 aliphatic rings. The molecule has 2 atom stereocenters. The van der Waals surface area contributed by atoms with Crippen LogP contribution in [0.15, 0.2) is 0 Å². The molecule has 13 heavy (non-hydrogen) atoms. The van der Waals surface area contributed by atoms with Crippen LogP contribution < -0.4 is 5.73 Å². The number of amides is 2. The van der Waals surface area contributed by atoms with E-state index in [1.807, 2.05) is 0 Å². The minimum Gasteiger partial charge on any atom is -0.330 e. The molecule has 0 aromatic heterocycles. The number of nitrogens with zero attached hydrogens (tertiary/aromatic N) is 1. The molecule has 1 aliphatic heterocycles. The van der Waals surface area contributed by atoms with Gasteiger partial charge in [0, 0.05) is 6.54 Å². The first-order valence-electron chi connectivity index (χ1n) is 4.81. The van der Waals surface area contributed by atoms with Crippen molar-refractivity contribution in [3.8, 4) is 0 Å². The van der Waals surface area contributed by atoms with Gasteiger partial charge in [0.15, 0.2) is 0 Å². The van der Waals surface area contributed by atoms with Gasteiger partial charge in [-0.05, 0) is 25.8 Å². The van der Waals surface area contributed by atoms with E-state index in [1.54, 1.807) is 0 Å². The average molecular weight is 182 g/mol. The van der Waals surface area contributed by atoms with Crippen molar-refractivity contribution in [3.05, 3.63) is 0 Å². The number of nitrogens with two attached hydrogens (primary N) is 1. The zero-order valence-corrected chi connectivity index (χ0v) is 7.53. The lowest BCUT2D eigenvalue weighted by atomic mass is 9.76. The van der Waals surface area contributed by atoms with Crippen LogP contribution in [0.5, 0.6) is 0 Å². The van der Waals surface area contributed by atoms with Crippen molar-refractivity contribution in [3.63, 3.8) is 0 Å². The monoisotopic (exact) mass is 182 g/mol. The Hall–Kier alpha value is -0.900. The van der Waals surface area contributed by atoms with Crippen LogP contribution >= 0.6 is 0 Å². The summed E-state index contributed by atoms with van der Waals surface area (Å²) in [5.74, 6) is 0.111. The molecule has 0 radical (unpaired) electrons. The van der Waals surface area contributed by atoms with E-state index < -0.39 is 0 Å². The topological polar surface area (TPSA) is 63.4 Å². The first kappa shape index (κ1) is 8.69. The summed E-state index contributed by atoms with van der Waals surface area (Å²) >= 11 is 0. The van der Waals surface area contributed by atoms with Crippen molar-refractivity contribution >= 4 is 11.8 Å². The summed E-state index contributed by atoms with van der Waals surface area (Å²) in [6.45, 7) is 1.05. The minimum absolute atomic E-state index is 0.0188. The van der Waals surface area contributed by atoms with Crippen molar-refractivity contribution in [2.24, 2.45) is 17.6 Å². The highest BCUT2D eigenvalue weighted by Crippen LogP contribution is 2.42. The van der Waals surface area contributed by atoms with Crippen LogP contribution in [0.4, 0.5) is 0 Å². The molecule has 0 bridgehead atoms. The molecule has 4 heteroatoms. The van der Waals surface area contributed by atoms with Gasteiger partial charge in [-0.25, -0.2) is 0 Å².